The molecule has 1 atom stereocenters. The zero-order valence-corrected chi connectivity index (χ0v) is 15.0. The minimum Gasteiger partial charge on any atom is -0.459 e. The second-order valence-corrected chi connectivity index (χ2v) is 6.39. The monoisotopic (exact) mass is 357 g/mol. The van der Waals surface area contributed by atoms with Crippen LogP contribution in [0.5, 0.6) is 0 Å². The van der Waals surface area contributed by atoms with E-state index in [0.717, 1.165) is 5.56 Å². The molecule has 0 aliphatic heterocycles. The average molecular weight is 357 g/mol. The van der Waals surface area contributed by atoms with Crippen LogP contribution in [0.2, 0.25) is 0 Å². The lowest BCUT2D eigenvalue weighted by Gasteiger charge is -2.20. The number of hydrazine groups is 1. The summed E-state index contributed by atoms with van der Waals surface area (Å²) in [5, 5.41) is 2.74. The van der Waals surface area contributed by atoms with Crippen LogP contribution in [0.25, 0.3) is 0 Å². The molecule has 1 heterocycles. The number of amides is 3. The number of nitrogens with one attached hydrogen (secondary N) is 3. The zero-order chi connectivity index (χ0) is 19.1. The molecule has 0 fully saturated rings. The summed E-state index contributed by atoms with van der Waals surface area (Å²) in [7, 11) is 0. The Morgan fingerprint density at radius 3 is 2.35 bits per heavy atom. The van der Waals surface area contributed by atoms with Crippen molar-refractivity contribution in [1.82, 2.24) is 16.2 Å². The van der Waals surface area contributed by atoms with Gasteiger partial charge in [0.1, 0.15) is 6.04 Å². The molecule has 138 valence electrons. The third kappa shape index (κ3) is 5.20. The van der Waals surface area contributed by atoms with Gasteiger partial charge >= 0.3 is 5.91 Å². The number of benzene rings is 1. The molecule has 1 aromatic carbocycles. The highest BCUT2D eigenvalue weighted by atomic mass is 16.3. The van der Waals surface area contributed by atoms with E-state index >= 15 is 0 Å². The van der Waals surface area contributed by atoms with Crippen molar-refractivity contribution < 1.29 is 18.8 Å². The number of rotatable bonds is 6. The second-order valence-electron chi connectivity index (χ2n) is 6.39. The molecule has 3 N–H and O–H groups in total. The van der Waals surface area contributed by atoms with E-state index in [-0.39, 0.29) is 17.6 Å². The van der Waals surface area contributed by atoms with Gasteiger partial charge in [0.25, 0.3) is 11.8 Å². The van der Waals surface area contributed by atoms with Crippen LogP contribution in [0.4, 0.5) is 0 Å². The van der Waals surface area contributed by atoms with E-state index in [0.29, 0.717) is 12.0 Å². The minimum atomic E-state index is -0.779. The van der Waals surface area contributed by atoms with Gasteiger partial charge in [-0.2, -0.15) is 0 Å². The Morgan fingerprint density at radius 1 is 1.00 bits per heavy atom. The lowest BCUT2D eigenvalue weighted by Crippen LogP contribution is -2.52. The molecule has 0 bridgehead atoms. The fraction of sp³-hybridized carbons (Fsp3) is 0.316. The van der Waals surface area contributed by atoms with Gasteiger partial charge in [-0.3, -0.25) is 25.2 Å². The molecule has 26 heavy (non-hydrogen) atoms. The van der Waals surface area contributed by atoms with Crippen LogP contribution in [0.1, 0.15) is 46.7 Å². The summed E-state index contributed by atoms with van der Waals surface area (Å²) >= 11 is 0. The van der Waals surface area contributed by atoms with Crippen molar-refractivity contribution in [3.8, 4) is 0 Å². The van der Waals surface area contributed by atoms with E-state index < -0.39 is 17.9 Å². The third-order valence-electron chi connectivity index (χ3n) is 3.76. The molecular formula is C19H23N3O4. The van der Waals surface area contributed by atoms with Crippen molar-refractivity contribution in [3.63, 3.8) is 0 Å². The minimum absolute atomic E-state index is 0.0784. The maximum atomic E-state index is 12.5. The Labute approximate surface area is 152 Å². The first-order valence-corrected chi connectivity index (χ1v) is 8.38. The highest BCUT2D eigenvalue weighted by Gasteiger charge is 2.24. The Morgan fingerprint density at radius 2 is 1.73 bits per heavy atom. The lowest BCUT2D eigenvalue weighted by molar-refractivity contribution is -0.124. The fourth-order valence-corrected chi connectivity index (χ4v) is 2.44. The van der Waals surface area contributed by atoms with Crippen molar-refractivity contribution in [2.75, 3.05) is 0 Å². The lowest BCUT2D eigenvalue weighted by atomic mass is 10.0. The van der Waals surface area contributed by atoms with Crippen LogP contribution in [0.3, 0.4) is 0 Å². The van der Waals surface area contributed by atoms with Crippen molar-refractivity contribution in [3.05, 3.63) is 59.5 Å². The normalized spacial score (nSPS) is 11.7. The maximum absolute atomic E-state index is 12.5. The van der Waals surface area contributed by atoms with Crippen LogP contribution in [-0.4, -0.2) is 23.8 Å². The van der Waals surface area contributed by atoms with Gasteiger partial charge in [0.15, 0.2) is 5.76 Å². The van der Waals surface area contributed by atoms with Crippen LogP contribution in [0.15, 0.2) is 47.1 Å². The highest BCUT2D eigenvalue weighted by Crippen LogP contribution is 2.10. The predicted molar refractivity (Wildman–Crippen MR) is 96.2 cm³/mol. The Kier molecular flexibility index (Phi) is 6.54. The third-order valence-corrected chi connectivity index (χ3v) is 3.76. The molecule has 2 aromatic rings. The number of hydrogen-bond acceptors (Lipinski definition) is 4. The molecule has 3 amide bonds. The van der Waals surface area contributed by atoms with Gasteiger partial charge in [-0.05, 0) is 43.0 Å². The molecule has 0 saturated carbocycles. The number of furan rings is 1. The van der Waals surface area contributed by atoms with Gasteiger partial charge in [-0.15, -0.1) is 0 Å². The zero-order valence-electron chi connectivity index (χ0n) is 15.0. The Balaban J connectivity index is 2.01. The van der Waals surface area contributed by atoms with E-state index in [1.165, 1.54) is 12.3 Å². The van der Waals surface area contributed by atoms with Gasteiger partial charge in [0.05, 0.1) is 6.26 Å². The van der Waals surface area contributed by atoms with Crippen molar-refractivity contribution in [2.24, 2.45) is 5.92 Å². The van der Waals surface area contributed by atoms with Crippen LogP contribution in [-0.2, 0) is 4.79 Å². The van der Waals surface area contributed by atoms with E-state index in [2.05, 4.69) is 16.2 Å². The smallest absolute Gasteiger partial charge is 0.305 e. The summed E-state index contributed by atoms with van der Waals surface area (Å²) in [5.41, 5.74) is 5.94. The summed E-state index contributed by atoms with van der Waals surface area (Å²) in [6, 6.07) is 9.41. The SMILES string of the molecule is Cc1ccccc1C(=O)N[C@H](CC(C)C)C(=O)NNC(=O)c1ccco1. The van der Waals surface area contributed by atoms with Crippen molar-refractivity contribution >= 4 is 17.7 Å². The fourth-order valence-electron chi connectivity index (χ4n) is 2.44. The molecule has 0 unspecified atom stereocenters. The second kappa shape index (κ2) is 8.84. The molecule has 0 aliphatic rings. The highest BCUT2D eigenvalue weighted by molar-refractivity contribution is 5.99. The Hall–Kier alpha value is -3.09. The number of carbonyl (C=O) groups is 3. The van der Waals surface area contributed by atoms with Crippen LogP contribution in [0, 0.1) is 12.8 Å². The van der Waals surface area contributed by atoms with Crippen LogP contribution >= 0.6 is 0 Å². The largest absolute Gasteiger partial charge is 0.459 e. The number of hydrogen-bond donors (Lipinski definition) is 3. The summed E-state index contributed by atoms with van der Waals surface area (Å²) in [4.78, 5) is 36.8. The predicted octanol–water partition coefficient (Wildman–Crippen LogP) is 2.19. The molecule has 2 rings (SSSR count). The molecule has 0 saturated heterocycles. The maximum Gasteiger partial charge on any atom is 0.305 e. The summed E-state index contributed by atoms with van der Waals surface area (Å²) in [5.74, 6) is -1.16. The van der Waals surface area contributed by atoms with Gasteiger partial charge < -0.3 is 9.73 Å². The van der Waals surface area contributed by atoms with Crippen molar-refractivity contribution in [1.29, 1.82) is 0 Å². The standard InChI is InChI=1S/C19H23N3O4/c1-12(2)11-15(20-17(23)14-8-5-4-7-13(14)3)18(24)21-22-19(25)16-9-6-10-26-16/h4-10,12,15H,11H2,1-3H3,(H,20,23)(H,21,24)(H,22,25)/t15-/m1/s1. The number of aryl methyl sites for hydroxylation is 1. The van der Waals surface area contributed by atoms with Crippen LogP contribution < -0.4 is 16.2 Å². The van der Waals surface area contributed by atoms with E-state index in [1.54, 1.807) is 18.2 Å². The molecular weight excluding hydrogens is 334 g/mol. The topological polar surface area (TPSA) is 100 Å². The molecule has 7 nitrogen and oxygen atoms in total. The summed E-state index contributed by atoms with van der Waals surface area (Å²) in [6.45, 7) is 5.72. The van der Waals surface area contributed by atoms with E-state index in [1.807, 2.05) is 32.9 Å². The first kappa shape index (κ1) is 19.2. The molecule has 1 aromatic heterocycles. The van der Waals surface area contributed by atoms with Crippen molar-refractivity contribution in [2.45, 2.75) is 33.2 Å². The first-order valence-electron chi connectivity index (χ1n) is 8.38. The quantitative estimate of drug-likeness (QED) is 0.690. The summed E-state index contributed by atoms with van der Waals surface area (Å²) < 4.78 is 4.96. The molecule has 0 radical (unpaired) electrons. The molecule has 0 spiro atoms. The Bertz CT molecular complexity index is 769. The van der Waals surface area contributed by atoms with Gasteiger partial charge in [-0.25, -0.2) is 0 Å². The van der Waals surface area contributed by atoms with Gasteiger partial charge in [-0.1, -0.05) is 32.0 Å². The van der Waals surface area contributed by atoms with Gasteiger partial charge in [0, 0.05) is 5.56 Å². The molecule has 7 heteroatoms. The number of carbonyl (C=O) groups excluding carboxylic acids is 3. The summed E-state index contributed by atoms with van der Waals surface area (Å²) in [6.07, 6.45) is 1.79. The first-order chi connectivity index (χ1) is 12.4. The average Bonchev–Trinajstić information content (AvgIpc) is 3.13. The van der Waals surface area contributed by atoms with Gasteiger partial charge in [0.2, 0.25) is 0 Å². The van der Waals surface area contributed by atoms with E-state index in [4.69, 9.17) is 4.42 Å². The van der Waals surface area contributed by atoms with E-state index in [9.17, 15) is 14.4 Å². The molecule has 0 aliphatic carbocycles.